The van der Waals surface area contributed by atoms with Crippen LogP contribution in [-0.4, -0.2) is 9.78 Å². The number of rotatable bonds is 3. The van der Waals surface area contributed by atoms with E-state index in [1.807, 2.05) is 7.05 Å². The molecule has 72 valence electrons. The highest BCUT2D eigenvalue weighted by atomic mass is 15.3. The second kappa shape index (κ2) is 3.01. The third-order valence-corrected chi connectivity index (χ3v) is 2.62. The van der Waals surface area contributed by atoms with Gasteiger partial charge in [-0.05, 0) is 18.8 Å². The molecule has 0 amide bonds. The molecule has 1 atom stereocenters. The van der Waals surface area contributed by atoms with E-state index in [0.717, 1.165) is 5.56 Å². The minimum Gasteiger partial charge on any atom is -0.384 e. The monoisotopic (exact) mass is 181 g/mol. The number of nitrogen functional groups attached to an aromatic ring is 1. The van der Waals surface area contributed by atoms with Crippen LogP contribution in [0.25, 0.3) is 0 Å². The van der Waals surface area contributed by atoms with E-state index in [2.05, 4.69) is 10.5 Å². The second-order valence-electron chi connectivity index (χ2n) is 3.59. The van der Waals surface area contributed by atoms with Crippen LogP contribution in [0.2, 0.25) is 0 Å². The van der Waals surface area contributed by atoms with Crippen molar-refractivity contribution < 1.29 is 0 Å². The number of anilines is 1. The molecule has 2 rings (SSSR count). The number of hydrogen-bond acceptors (Lipinski definition) is 4. The Balaban J connectivity index is 2.26. The van der Waals surface area contributed by atoms with Crippen LogP contribution in [0.3, 0.4) is 0 Å². The van der Waals surface area contributed by atoms with Gasteiger partial charge in [0.2, 0.25) is 0 Å². The highest BCUT2D eigenvalue weighted by Gasteiger charge is 2.33. The Hall–Kier alpha value is -1.07. The van der Waals surface area contributed by atoms with Crippen LogP contribution in [0.1, 0.15) is 24.4 Å². The molecule has 1 unspecified atom stereocenters. The second-order valence-corrected chi connectivity index (χ2v) is 3.59. The van der Waals surface area contributed by atoms with Gasteiger partial charge >= 0.3 is 0 Å². The molecule has 1 saturated carbocycles. The van der Waals surface area contributed by atoms with E-state index < -0.39 is 0 Å². The van der Waals surface area contributed by atoms with Crippen LogP contribution in [0.4, 0.5) is 5.82 Å². The lowest BCUT2D eigenvalue weighted by molar-refractivity contribution is 0.498. The molecule has 0 bridgehead atoms. The highest BCUT2D eigenvalue weighted by Crippen LogP contribution is 2.41. The Morgan fingerprint density at radius 2 is 2.38 bits per heavy atom. The molecule has 0 aromatic carbocycles. The average Bonchev–Trinajstić information content (AvgIpc) is 2.89. The van der Waals surface area contributed by atoms with Crippen molar-refractivity contribution in [3.63, 3.8) is 0 Å². The minimum absolute atomic E-state index is 0.175. The summed E-state index contributed by atoms with van der Waals surface area (Å²) in [6.07, 6.45) is 4.24. The van der Waals surface area contributed by atoms with Gasteiger partial charge in [0.1, 0.15) is 5.82 Å². The molecule has 1 aromatic heterocycles. The van der Waals surface area contributed by atoms with Gasteiger partial charge in [0, 0.05) is 12.6 Å². The van der Waals surface area contributed by atoms with Gasteiger partial charge in [-0.2, -0.15) is 5.10 Å². The molecule has 1 aromatic rings. The zero-order valence-electron chi connectivity index (χ0n) is 7.70. The predicted octanol–water partition coefficient (Wildman–Crippen LogP) is -0.0833. The van der Waals surface area contributed by atoms with Gasteiger partial charge in [0.05, 0.1) is 12.2 Å². The molecule has 1 heterocycles. The lowest BCUT2D eigenvalue weighted by Gasteiger charge is -2.13. The van der Waals surface area contributed by atoms with Gasteiger partial charge in [0.15, 0.2) is 0 Å². The lowest BCUT2D eigenvalue weighted by atomic mass is 10.1. The first-order valence-electron chi connectivity index (χ1n) is 4.47. The van der Waals surface area contributed by atoms with Crippen molar-refractivity contribution in [2.24, 2.45) is 18.8 Å². The zero-order chi connectivity index (χ0) is 9.42. The third kappa shape index (κ3) is 1.40. The van der Waals surface area contributed by atoms with E-state index in [9.17, 15) is 0 Å². The molecule has 13 heavy (non-hydrogen) atoms. The van der Waals surface area contributed by atoms with Crippen LogP contribution >= 0.6 is 0 Å². The van der Waals surface area contributed by atoms with Crippen molar-refractivity contribution in [3.05, 3.63) is 11.8 Å². The fourth-order valence-electron chi connectivity index (χ4n) is 1.61. The van der Waals surface area contributed by atoms with Crippen molar-refractivity contribution in [3.8, 4) is 0 Å². The maximum absolute atomic E-state index is 5.85. The van der Waals surface area contributed by atoms with Gasteiger partial charge in [-0.3, -0.25) is 16.0 Å². The zero-order valence-corrected chi connectivity index (χ0v) is 7.70. The summed E-state index contributed by atoms with van der Waals surface area (Å²) in [5.41, 5.74) is 9.67. The van der Waals surface area contributed by atoms with Crippen molar-refractivity contribution >= 4 is 5.82 Å². The molecular weight excluding hydrogens is 166 g/mol. The van der Waals surface area contributed by atoms with Gasteiger partial charge in [-0.25, -0.2) is 0 Å². The standard InChI is InChI=1S/C8H15N5/c1-13-8(9)6(4-11-13)7(12-10)5-2-3-5/h4-5,7,12H,2-3,9-10H2,1H3. The summed E-state index contributed by atoms with van der Waals surface area (Å²) in [6, 6.07) is 0.175. The third-order valence-electron chi connectivity index (χ3n) is 2.62. The smallest absolute Gasteiger partial charge is 0.126 e. The van der Waals surface area contributed by atoms with E-state index in [1.54, 1.807) is 10.9 Å². The molecule has 0 aliphatic heterocycles. The summed E-state index contributed by atoms with van der Waals surface area (Å²) in [7, 11) is 1.83. The Bertz CT molecular complexity index is 301. The first kappa shape index (κ1) is 8.52. The van der Waals surface area contributed by atoms with Crippen LogP contribution < -0.4 is 17.0 Å². The maximum Gasteiger partial charge on any atom is 0.126 e. The summed E-state index contributed by atoms with van der Waals surface area (Å²) in [5, 5.41) is 4.09. The van der Waals surface area contributed by atoms with Crippen molar-refractivity contribution in [2.45, 2.75) is 18.9 Å². The van der Waals surface area contributed by atoms with Gasteiger partial charge in [-0.15, -0.1) is 0 Å². The van der Waals surface area contributed by atoms with E-state index in [1.165, 1.54) is 12.8 Å². The first-order valence-corrected chi connectivity index (χ1v) is 4.47. The van der Waals surface area contributed by atoms with Gasteiger partial charge in [-0.1, -0.05) is 0 Å². The molecule has 0 saturated heterocycles. The maximum atomic E-state index is 5.85. The lowest BCUT2D eigenvalue weighted by Crippen LogP contribution is -2.29. The molecule has 1 aliphatic rings. The summed E-state index contributed by atoms with van der Waals surface area (Å²) in [5.74, 6) is 6.82. The number of hydrogen-bond donors (Lipinski definition) is 3. The molecule has 5 nitrogen and oxygen atoms in total. The summed E-state index contributed by atoms with van der Waals surface area (Å²) < 4.78 is 1.67. The van der Waals surface area contributed by atoms with E-state index in [-0.39, 0.29) is 6.04 Å². The Kier molecular flexibility index (Phi) is 1.97. The predicted molar refractivity (Wildman–Crippen MR) is 50.4 cm³/mol. The van der Waals surface area contributed by atoms with E-state index in [4.69, 9.17) is 11.6 Å². The normalized spacial score (nSPS) is 18.9. The average molecular weight is 181 g/mol. The fourth-order valence-corrected chi connectivity index (χ4v) is 1.61. The first-order chi connectivity index (χ1) is 6.24. The SMILES string of the molecule is Cn1ncc(C(NN)C2CC2)c1N. The fraction of sp³-hybridized carbons (Fsp3) is 0.625. The molecule has 0 radical (unpaired) electrons. The Morgan fingerprint density at radius 1 is 1.69 bits per heavy atom. The molecule has 1 fully saturated rings. The quantitative estimate of drug-likeness (QED) is 0.450. The van der Waals surface area contributed by atoms with Crippen molar-refractivity contribution in [1.82, 2.24) is 15.2 Å². The number of nitrogens with one attached hydrogen (secondary N) is 1. The topological polar surface area (TPSA) is 81.9 Å². The van der Waals surface area contributed by atoms with Crippen LogP contribution in [0, 0.1) is 5.92 Å². The summed E-state index contributed by atoms with van der Waals surface area (Å²) in [4.78, 5) is 0. The van der Waals surface area contributed by atoms with Crippen LogP contribution in [-0.2, 0) is 7.05 Å². The summed E-state index contributed by atoms with van der Waals surface area (Å²) >= 11 is 0. The number of nitrogens with two attached hydrogens (primary N) is 2. The van der Waals surface area contributed by atoms with E-state index >= 15 is 0 Å². The Morgan fingerprint density at radius 3 is 2.77 bits per heavy atom. The molecule has 0 spiro atoms. The van der Waals surface area contributed by atoms with Crippen LogP contribution in [0.5, 0.6) is 0 Å². The number of nitrogens with zero attached hydrogens (tertiary/aromatic N) is 2. The van der Waals surface area contributed by atoms with E-state index in [0.29, 0.717) is 11.7 Å². The summed E-state index contributed by atoms with van der Waals surface area (Å²) in [6.45, 7) is 0. The molecule has 5 N–H and O–H groups in total. The largest absolute Gasteiger partial charge is 0.384 e. The number of aryl methyl sites for hydroxylation is 1. The molecule has 1 aliphatic carbocycles. The van der Waals surface area contributed by atoms with Gasteiger partial charge < -0.3 is 5.73 Å². The highest BCUT2D eigenvalue weighted by molar-refractivity contribution is 5.41. The minimum atomic E-state index is 0.175. The molecular formula is C8H15N5. The molecule has 5 heteroatoms. The van der Waals surface area contributed by atoms with Crippen molar-refractivity contribution in [2.75, 3.05) is 5.73 Å². The number of aromatic nitrogens is 2. The van der Waals surface area contributed by atoms with Gasteiger partial charge in [0.25, 0.3) is 0 Å². The van der Waals surface area contributed by atoms with Crippen LogP contribution in [0.15, 0.2) is 6.20 Å². The number of hydrazine groups is 1. The van der Waals surface area contributed by atoms with Crippen molar-refractivity contribution in [1.29, 1.82) is 0 Å². The Labute approximate surface area is 77.1 Å².